The summed E-state index contributed by atoms with van der Waals surface area (Å²) in [6, 6.07) is 6.12. The van der Waals surface area contributed by atoms with Crippen molar-refractivity contribution in [1.29, 1.82) is 0 Å². The summed E-state index contributed by atoms with van der Waals surface area (Å²) in [4.78, 5) is 22.6. The molecule has 18 heavy (non-hydrogen) atoms. The van der Waals surface area contributed by atoms with Crippen LogP contribution in [0.1, 0.15) is 30.6 Å². The monoisotopic (exact) mass is 250 g/mol. The zero-order valence-electron chi connectivity index (χ0n) is 10.5. The Hall–Kier alpha value is -2.04. The van der Waals surface area contributed by atoms with E-state index >= 15 is 0 Å². The SMILES string of the molecule is CC(C)C(CC(=O)O)NC(=O)c1ccc(N)cc1. The molecule has 0 heterocycles. The van der Waals surface area contributed by atoms with E-state index in [1.165, 1.54) is 0 Å². The number of anilines is 1. The maximum Gasteiger partial charge on any atom is 0.305 e. The normalized spacial score (nSPS) is 12.2. The number of rotatable bonds is 5. The van der Waals surface area contributed by atoms with Crippen molar-refractivity contribution in [3.05, 3.63) is 29.8 Å². The van der Waals surface area contributed by atoms with Crippen LogP contribution in [0.4, 0.5) is 5.69 Å². The number of carbonyl (C=O) groups is 2. The van der Waals surface area contributed by atoms with E-state index in [0.717, 1.165) is 0 Å². The summed E-state index contributed by atoms with van der Waals surface area (Å²) in [7, 11) is 0. The number of benzene rings is 1. The molecular formula is C13H18N2O3. The first-order chi connectivity index (χ1) is 8.40. The highest BCUT2D eigenvalue weighted by Gasteiger charge is 2.19. The van der Waals surface area contributed by atoms with Crippen LogP contribution in [0.15, 0.2) is 24.3 Å². The number of carboxylic acids is 1. The van der Waals surface area contributed by atoms with Crippen molar-refractivity contribution in [3.63, 3.8) is 0 Å². The van der Waals surface area contributed by atoms with Crippen molar-refractivity contribution < 1.29 is 14.7 Å². The maximum absolute atomic E-state index is 11.9. The lowest BCUT2D eigenvalue weighted by Crippen LogP contribution is -2.40. The fraction of sp³-hybridized carbons (Fsp3) is 0.385. The predicted octanol–water partition coefficient (Wildman–Crippen LogP) is 1.50. The fourth-order valence-electron chi connectivity index (χ4n) is 1.53. The summed E-state index contributed by atoms with van der Waals surface area (Å²) in [5.41, 5.74) is 6.59. The highest BCUT2D eigenvalue weighted by molar-refractivity contribution is 5.94. The van der Waals surface area contributed by atoms with Crippen molar-refractivity contribution >= 4 is 17.6 Å². The van der Waals surface area contributed by atoms with Crippen LogP contribution in [0.2, 0.25) is 0 Å². The smallest absolute Gasteiger partial charge is 0.305 e. The lowest BCUT2D eigenvalue weighted by Gasteiger charge is -2.20. The van der Waals surface area contributed by atoms with Gasteiger partial charge in [0.05, 0.1) is 6.42 Å². The molecule has 1 unspecified atom stereocenters. The Bertz CT molecular complexity index is 426. The quantitative estimate of drug-likeness (QED) is 0.690. The molecule has 1 rings (SSSR count). The molecule has 5 nitrogen and oxygen atoms in total. The lowest BCUT2D eigenvalue weighted by molar-refractivity contribution is -0.137. The zero-order chi connectivity index (χ0) is 13.7. The molecule has 0 aliphatic heterocycles. The van der Waals surface area contributed by atoms with Crippen LogP contribution >= 0.6 is 0 Å². The summed E-state index contributed by atoms with van der Waals surface area (Å²) in [5, 5.41) is 11.5. The molecule has 0 saturated carbocycles. The van der Waals surface area contributed by atoms with E-state index in [4.69, 9.17) is 10.8 Å². The molecular weight excluding hydrogens is 232 g/mol. The predicted molar refractivity (Wildman–Crippen MR) is 69.2 cm³/mol. The largest absolute Gasteiger partial charge is 0.481 e. The molecule has 1 aromatic rings. The van der Waals surface area contributed by atoms with Crippen LogP contribution in [-0.2, 0) is 4.79 Å². The molecule has 0 aliphatic carbocycles. The van der Waals surface area contributed by atoms with E-state index in [1.54, 1.807) is 24.3 Å². The standard InChI is InChI=1S/C13H18N2O3/c1-8(2)11(7-12(16)17)15-13(18)9-3-5-10(14)6-4-9/h3-6,8,11H,7,14H2,1-2H3,(H,15,18)(H,16,17). The summed E-state index contributed by atoms with van der Waals surface area (Å²) >= 11 is 0. The number of carbonyl (C=O) groups excluding carboxylic acids is 1. The Kier molecular flexibility index (Phi) is 4.71. The maximum atomic E-state index is 11.9. The van der Waals surface area contributed by atoms with Crippen LogP contribution in [0.3, 0.4) is 0 Å². The fourth-order valence-corrected chi connectivity index (χ4v) is 1.53. The summed E-state index contributed by atoms with van der Waals surface area (Å²) in [6.07, 6.45) is -0.0849. The molecule has 98 valence electrons. The molecule has 0 radical (unpaired) electrons. The van der Waals surface area contributed by atoms with Gasteiger partial charge in [-0.2, -0.15) is 0 Å². The van der Waals surface area contributed by atoms with Crippen molar-refractivity contribution in [2.75, 3.05) is 5.73 Å². The molecule has 1 aromatic carbocycles. The van der Waals surface area contributed by atoms with Crippen LogP contribution < -0.4 is 11.1 Å². The highest BCUT2D eigenvalue weighted by Crippen LogP contribution is 2.09. The average Bonchev–Trinajstić information content (AvgIpc) is 2.28. The van der Waals surface area contributed by atoms with Gasteiger partial charge in [0.2, 0.25) is 0 Å². The molecule has 4 N–H and O–H groups in total. The van der Waals surface area contributed by atoms with Gasteiger partial charge in [-0.25, -0.2) is 0 Å². The molecule has 0 saturated heterocycles. The lowest BCUT2D eigenvalue weighted by atomic mass is 10.0. The number of carboxylic acid groups (broad SMARTS) is 1. The average molecular weight is 250 g/mol. The van der Waals surface area contributed by atoms with Crippen LogP contribution in [0, 0.1) is 5.92 Å². The van der Waals surface area contributed by atoms with E-state index in [9.17, 15) is 9.59 Å². The molecule has 0 bridgehead atoms. The second-order valence-electron chi connectivity index (χ2n) is 4.54. The van der Waals surface area contributed by atoms with Crippen molar-refractivity contribution in [2.24, 2.45) is 5.92 Å². The molecule has 0 aromatic heterocycles. The number of aliphatic carboxylic acids is 1. The number of hydrogen-bond acceptors (Lipinski definition) is 3. The number of nitrogen functional groups attached to an aromatic ring is 1. The van der Waals surface area contributed by atoms with Crippen molar-refractivity contribution in [3.8, 4) is 0 Å². The first kappa shape index (κ1) is 14.0. The highest BCUT2D eigenvalue weighted by atomic mass is 16.4. The van der Waals surface area contributed by atoms with Crippen molar-refractivity contribution in [1.82, 2.24) is 5.32 Å². The van der Waals surface area contributed by atoms with E-state index < -0.39 is 5.97 Å². The Morgan fingerprint density at radius 1 is 1.28 bits per heavy atom. The number of nitrogens with two attached hydrogens (primary N) is 1. The minimum Gasteiger partial charge on any atom is -0.481 e. The Labute approximate surface area is 106 Å². The number of nitrogens with one attached hydrogen (secondary N) is 1. The Balaban J connectivity index is 2.72. The van der Waals surface area contributed by atoms with Crippen molar-refractivity contribution in [2.45, 2.75) is 26.3 Å². The minimum atomic E-state index is -0.925. The molecule has 1 amide bonds. The summed E-state index contributed by atoms with van der Waals surface area (Å²) in [5.74, 6) is -1.15. The van der Waals surface area contributed by atoms with Gasteiger partial charge in [0.15, 0.2) is 0 Å². The van der Waals surface area contributed by atoms with Gasteiger partial charge >= 0.3 is 5.97 Å². The first-order valence-electron chi connectivity index (χ1n) is 5.78. The minimum absolute atomic E-state index is 0.0545. The van der Waals surface area contributed by atoms with E-state index in [0.29, 0.717) is 11.3 Å². The van der Waals surface area contributed by atoms with Gasteiger partial charge in [-0.05, 0) is 30.2 Å². The Morgan fingerprint density at radius 2 is 1.83 bits per heavy atom. The topological polar surface area (TPSA) is 92.4 Å². The van der Waals surface area contributed by atoms with Gasteiger partial charge in [0.25, 0.3) is 5.91 Å². The number of hydrogen-bond donors (Lipinski definition) is 3. The van der Waals surface area contributed by atoms with Gasteiger partial charge in [-0.15, -0.1) is 0 Å². The third kappa shape index (κ3) is 4.08. The van der Waals surface area contributed by atoms with E-state index in [1.807, 2.05) is 13.8 Å². The molecule has 1 atom stereocenters. The first-order valence-corrected chi connectivity index (χ1v) is 5.78. The third-order valence-electron chi connectivity index (χ3n) is 2.69. The van der Waals surface area contributed by atoms with Crippen LogP contribution in [0.25, 0.3) is 0 Å². The summed E-state index contributed by atoms with van der Waals surface area (Å²) in [6.45, 7) is 3.74. The summed E-state index contributed by atoms with van der Waals surface area (Å²) < 4.78 is 0. The zero-order valence-corrected chi connectivity index (χ0v) is 10.5. The molecule has 5 heteroatoms. The van der Waals surface area contributed by atoms with Gasteiger partial charge in [0.1, 0.15) is 0 Å². The molecule has 0 aliphatic rings. The Morgan fingerprint density at radius 3 is 2.28 bits per heavy atom. The van der Waals surface area contributed by atoms with Gasteiger partial charge in [-0.1, -0.05) is 13.8 Å². The van der Waals surface area contributed by atoms with Crippen LogP contribution in [0.5, 0.6) is 0 Å². The number of amides is 1. The molecule has 0 fully saturated rings. The van der Waals surface area contributed by atoms with E-state index in [-0.39, 0.29) is 24.3 Å². The van der Waals surface area contributed by atoms with Crippen LogP contribution in [-0.4, -0.2) is 23.0 Å². The third-order valence-corrected chi connectivity index (χ3v) is 2.69. The van der Waals surface area contributed by atoms with Gasteiger partial charge in [0, 0.05) is 17.3 Å². The second kappa shape index (κ2) is 6.05. The second-order valence-corrected chi connectivity index (χ2v) is 4.54. The van der Waals surface area contributed by atoms with Gasteiger partial charge < -0.3 is 16.2 Å². The molecule has 0 spiro atoms. The van der Waals surface area contributed by atoms with E-state index in [2.05, 4.69) is 5.32 Å². The van der Waals surface area contributed by atoms with Gasteiger partial charge in [-0.3, -0.25) is 9.59 Å².